The number of halogens is 2. The molecule has 0 bridgehead atoms. The number of anilines is 2. The van der Waals surface area contributed by atoms with Gasteiger partial charge in [-0.1, -0.05) is 23.5 Å². The number of hydrogen-bond acceptors (Lipinski definition) is 4. The number of likely N-dealkylation sites (N-methyl/N-ethyl adjacent to an activating group) is 1. The normalized spacial score (nSPS) is 10.9. The number of nitrogens with zero attached hydrogens (tertiary/aromatic N) is 2. The van der Waals surface area contributed by atoms with Gasteiger partial charge in [0.05, 0.1) is 16.8 Å². The van der Waals surface area contributed by atoms with Crippen molar-refractivity contribution in [3.63, 3.8) is 0 Å². The Morgan fingerprint density at radius 3 is 2.56 bits per heavy atom. The number of rotatable bonds is 4. The van der Waals surface area contributed by atoms with Gasteiger partial charge in [0.1, 0.15) is 0 Å². The molecule has 1 heterocycles. The summed E-state index contributed by atoms with van der Waals surface area (Å²) in [5.41, 5.74) is 3.38. The molecule has 0 aliphatic carbocycles. The summed E-state index contributed by atoms with van der Waals surface area (Å²) in [6.07, 6.45) is 0. The molecule has 0 saturated carbocycles. The van der Waals surface area contributed by atoms with E-state index < -0.39 is 11.6 Å². The molecule has 0 atom stereocenters. The van der Waals surface area contributed by atoms with E-state index >= 15 is 0 Å². The van der Waals surface area contributed by atoms with Crippen molar-refractivity contribution in [1.82, 2.24) is 4.98 Å². The predicted molar refractivity (Wildman–Crippen MR) is 97.4 cm³/mol. The summed E-state index contributed by atoms with van der Waals surface area (Å²) in [7, 11) is 1.77. The van der Waals surface area contributed by atoms with Crippen LogP contribution in [0.4, 0.5) is 19.6 Å². The zero-order valence-corrected chi connectivity index (χ0v) is 14.9. The Morgan fingerprint density at radius 1 is 1.16 bits per heavy atom. The Bertz CT molecular complexity index is 916. The fraction of sp³-hybridized carbons (Fsp3) is 0.222. The van der Waals surface area contributed by atoms with E-state index in [2.05, 4.69) is 16.4 Å². The van der Waals surface area contributed by atoms with Crippen molar-refractivity contribution in [1.29, 1.82) is 0 Å². The first-order valence-corrected chi connectivity index (χ1v) is 8.49. The summed E-state index contributed by atoms with van der Waals surface area (Å²) in [4.78, 5) is 18.5. The van der Waals surface area contributed by atoms with E-state index in [1.165, 1.54) is 17.4 Å². The Morgan fingerprint density at radius 2 is 1.88 bits per heavy atom. The van der Waals surface area contributed by atoms with Gasteiger partial charge in [-0.05, 0) is 37.1 Å². The van der Waals surface area contributed by atoms with Crippen molar-refractivity contribution in [2.45, 2.75) is 13.8 Å². The second kappa shape index (κ2) is 6.76. The Labute approximate surface area is 148 Å². The van der Waals surface area contributed by atoms with Gasteiger partial charge in [-0.25, -0.2) is 13.8 Å². The summed E-state index contributed by atoms with van der Waals surface area (Å²) in [6, 6.07) is 7.33. The number of benzene rings is 2. The molecule has 0 aliphatic rings. The summed E-state index contributed by atoms with van der Waals surface area (Å²) < 4.78 is 27.2. The van der Waals surface area contributed by atoms with Gasteiger partial charge in [0.25, 0.3) is 0 Å². The van der Waals surface area contributed by atoms with Gasteiger partial charge in [-0.15, -0.1) is 0 Å². The molecule has 25 heavy (non-hydrogen) atoms. The van der Waals surface area contributed by atoms with Crippen LogP contribution in [0.2, 0.25) is 0 Å². The SMILES string of the molecule is Cc1ccc(C)c2sc(N(C)CC(=O)Nc3ccc(F)c(F)c3)nc12. The van der Waals surface area contributed by atoms with Crippen LogP contribution in [0.5, 0.6) is 0 Å². The Kier molecular flexibility index (Phi) is 4.67. The summed E-state index contributed by atoms with van der Waals surface area (Å²) >= 11 is 1.52. The van der Waals surface area contributed by atoms with E-state index in [0.717, 1.165) is 38.6 Å². The predicted octanol–water partition coefficient (Wildman–Crippen LogP) is 4.27. The topological polar surface area (TPSA) is 45.2 Å². The second-order valence-electron chi connectivity index (χ2n) is 5.91. The quantitative estimate of drug-likeness (QED) is 0.755. The molecular formula is C18H17F2N3OS. The van der Waals surface area contributed by atoms with Crippen molar-refractivity contribution >= 4 is 38.3 Å². The number of carbonyl (C=O) groups excluding carboxylic acids is 1. The van der Waals surface area contributed by atoms with E-state index in [4.69, 9.17) is 0 Å². The smallest absolute Gasteiger partial charge is 0.243 e. The van der Waals surface area contributed by atoms with E-state index in [-0.39, 0.29) is 18.1 Å². The van der Waals surface area contributed by atoms with E-state index in [1.54, 1.807) is 11.9 Å². The molecule has 1 amide bonds. The summed E-state index contributed by atoms with van der Waals surface area (Å²) in [6.45, 7) is 4.08. The average Bonchev–Trinajstić information content (AvgIpc) is 3.01. The second-order valence-corrected chi connectivity index (χ2v) is 6.88. The first-order chi connectivity index (χ1) is 11.8. The zero-order valence-electron chi connectivity index (χ0n) is 14.1. The van der Waals surface area contributed by atoms with Gasteiger partial charge in [-0.2, -0.15) is 0 Å². The standard InChI is InChI=1S/C18H17F2N3OS/c1-10-4-5-11(2)17-16(10)22-18(25-17)23(3)9-15(24)21-12-6-7-13(19)14(20)8-12/h4-8H,9H2,1-3H3,(H,21,24). The lowest BCUT2D eigenvalue weighted by molar-refractivity contribution is -0.114. The molecule has 130 valence electrons. The van der Waals surface area contributed by atoms with Crippen molar-refractivity contribution in [2.24, 2.45) is 0 Å². The maximum Gasteiger partial charge on any atom is 0.243 e. The van der Waals surface area contributed by atoms with Crippen molar-refractivity contribution < 1.29 is 13.6 Å². The van der Waals surface area contributed by atoms with Crippen molar-refractivity contribution in [3.8, 4) is 0 Å². The van der Waals surface area contributed by atoms with Gasteiger partial charge < -0.3 is 10.2 Å². The third kappa shape index (κ3) is 3.61. The minimum Gasteiger partial charge on any atom is -0.342 e. The monoisotopic (exact) mass is 361 g/mol. The molecule has 1 aromatic heterocycles. The number of amides is 1. The summed E-state index contributed by atoms with van der Waals surface area (Å²) in [5, 5.41) is 3.29. The third-order valence-corrected chi connectivity index (χ3v) is 5.15. The molecule has 0 fully saturated rings. The zero-order chi connectivity index (χ0) is 18.1. The molecular weight excluding hydrogens is 344 g/mol. The van der Waals surface area contributed by atoms with Crippen LogP contribution in [-0.2, 0) is 4.79 Å². The molecule has 7 heteroatoms. The van der Waals surface area contributed by atoms with E-state index in [9.17, 15) is 13.6 Å². The van der Waals surface area contributed by atoms with Gasteiger partial charge in [0, 0.05) is 18.8 Å². The Hall–Kier alpha value is -2.54. The van der Waals surface area contributed by atoms with E-state index in [0.29, 0.717) is 0 Å². The molecule has 0 radical (unpaired) electrons. The average molecular weight is 361 g/mol. The lowest BCUT2D eigenvalue weighted by Gasteiger charge is -2.15. The third-order valence-electron chi connectivity index (χ3n) is 3.84. The first kappa shape index (κ1) is 17.3. The minimum absolute atomic E-state index is 0.0525. The highest BCUT2D eigenvalue weighted by Crippen LogP contribution is 2.32. The van der Waals surface area contributed by atoms with Crippen molar-refractivity contribution in [2.75, 3.05) is 23.8 Å². The minimum atomic E-state index is -0.997. The number of carbonyl (C=O) groups is 1. The van der Waals surface area contributed by atoms with Crippen LogP contribution in [0.15, 0.2) is 30.3 Å². The molecule has 0 saturated heterocycles. The van der Waals surface area contributed by atoms with Crippen LogP contribution >= 0.6 is 11.3 Å². The highest BCUT2D eigenvalue weighted by molar-refractivity contribution is 7.22. The van der Waals surface area contributed by atoms with Gasteiger partial charge in [0.2, 0.25) is 5.91 Å². The van der Waals surface area contributed by atoms with E-state index in [1.807, 2.05) is 19.9 Å². The summed E-state index contributed by atoms with van der Waals surface area (Å²) in [5.74, 6) is -2.28. The van der Waals surface area contributed by atoms with Crippen molar-refractivity contribution in [3.05, 3.63) is 53.1 Å². The molecule has 0 unspecified atom stereocenters. The molecule has 3 aromatic rings. The van der Waals surface area contributed by atoms with Crippen LogP contribution < -0.4 is 10.2 Å². The number of fused-ring (bicyclic) bond motifs is 1. The Balaban J connectivity index is 1.74. The molecule has 0 spiro atoms. The number of nitrogens with one attached hydrogen (secondary N) is 1. The van der Waals surface area contributed by atoms with Gasteiger partial charge in [-0.3, -0.25) is 4.79 Å². The maximum absolute atomic E-state index is 13.2. The number of hydrogen-bond donors (Lipinski definition) is 1. The lowest BCUT2D eigenvalue weighted by Crippen LogP contribution is -2.30. The van der Waals surface area contributed by atoms with Gasteiger partial charge in [0.15, 0.2) is 16.8 Å². The van der Waals surface area contributed by atoms with Crippen LogP contribution in [0.3, 0.4) is 0 Å². The molecule has 3 rings (SSSR count). The fourth-order valence-corrected chi connectivity index (χ4v) is 3.54. The molecule has 4 nitrogen and oxygen atoms in total. The fourth-order valence-electron chi connectivity index (χ4n) is 2.47. The first-order valence-electron chi connectivity index (χ1n) is 7.68. The molecule has 1 N–H and O–H groups in total. The van der Waals surface area contributed by atoms with Crippen LogP contribution in [0.1, 0.15) is 11.1 Å². The lowest BCUT2D eigenvalue weighted by atomic mass is 10.1. The maximum atomic E-state index is 13.2. The van der Waals surface area contributed by atoms with Gasteiger partial charge >= 0.3 is 0 Å². The van der Waals surface area contributed by atoms with Crippen LogP contribution in [-0.4, -0.2) is 24.5 Å². The highest BCUT2D eigenvalue weighted by atomic mass is 32.1. The highest BCUT2D eigenvalue weighted by Gasteiger charge is 2.15. The number of aryl methyl sites for hydroxylation is 2. The molecule has 0 aliphatic heterocycles. The van der Waals surface area contributed by atoms with Crippen LogP contribution in [0, 0.1) is 25.5 Å². The molecule has 2 aromatic carbocycles. The largest absolute Gasteiger partial charge is 0.342 e. The van der Waals surface area contributed by atoms with Crippen LogP contribution in [0.25, 0.3) is 10.2 Å². The number of aromatic nitrogens is 1. The number of thiazole rings is 1.